The molecule has 0 spiro atoms. The van der Waals surface area contributed by atoms with E-state index >= 15 is 0 Å². The Morgan fingerprint density at radius 3 is 2.31 bits per heavy atom. The van der Waals surface area contributed by atoms with Crippen molar-refractivity contribution < 1.29 is 14.6 Å². The van der Waals surface area contributed by atoms with Gasteiger partial charge in [-0.15, -0.1) is 0 Å². The summed E-state index contributed by atoms with van der Waals surface area (Å²) in [4.78, 5) is 11.0. The Morgan fingerprint density at radius 1 is 0.923 bits per heavy atom. The molecule has 0 fully saturated rings. The summed E-state index contributed by atoms with van der Waals surface area (Å²) in [5.74, 6) is -0.0564. The predicted octanol–water partition coefficient (Wildman–Crippen LogP) is 5.35. The van der Waals surface area contributed by atoms with Crippen LogP contribution in [0.3, 0.4) is 0 Å². The first-order chi connectivity index (χ1) is 12.6. The van der Waals surface area contributed by atoms with Crippen LogP contribution in [0.2, 0.25) is 0 Å². The number of benzene rings is 3. The quantitative estimate of drug-likeness (QED) is 0.654. The fraction of sp³-hybridized carbons (Fsp3) is 0.174. The van der Waals surface area contributed by atoms with Gasteiger partial charge in [0.05, 0.1) is 7.11 Å². The minimum absolute atomic E-state index is 0.0988. The number of hydrogen-bond donors (Lipinski definition) is 1. The molecule has 3 aromatic carbocycles. The van der Waals surface area contributed by atoms with E-state index in [1.165, 1.54) is 11.1 Å². The molecule has 0 heterocycles. The van der Waals surface area contributed by atoms with E-state index in [1.54, 1.807) is 7.11 Å². The van der Waals surface area contributed by atoms with Crippen molar-refractivity contribution in [2.45, 2.75) is 19.8 Å². The highest BCUT2D eigenvalue weighted by atomic mass is 16.5. The Balaban J connectivity index is 1.94. The standard InChI is InChI=1S/C23H22O3/c1-16-4-3-5-19(14-16)17-6-8-18(9-7-17)22-12-11-21(26-2)15-20(22)10-13-23(24)25/h3-9,11-12,14-15H,10,13H2,1-2H3,(H,24,25). The van der Waals surface area contributed by atoms with E-state index in [0.29, 0.717) is 6.42 Å². The fourth-order valence-corrected chi connectivity index (χ4v) is 3.09. The van der Waals surface area contributed by atoms with E-state index in [0.717, 1.165) is 28.0 Å². The number of carbonyl (C=O) groups is 1. The number of aryl methyl sites for hydroxylation is 2. The highest BCUT2D eigenvalue weighted by Crippen LogP contribution is 2.30. The highest BCUT2D eigenvalue weighted by molar-refractivity contribution is 5.74. The Hall–Kier alpha value is -3.07. The molecule has 0 atom stereocenters. The first kappa shape index (κ1) is 17.7. The van der Waals surface area contributed by atoms with Crippen LogP contribution in [0.25, 0.3) is 22.3 Å². The third-order valence-electron chi connectivity index (χ3n) is 4.47. The SMILES string of the molecule is COc1ccc(-c2ccc(-c3cccc(C)c3)cc2)c(CCC(=O)O)c1. The molecular weight excluding hydrogens is 324 g/mol. The zero-order valence-corrected chi connectivity index (χ0v) is 15.0. The summed E-state index contributed by atoms with van der Waals surface area (Å²) in [6.07, 6.45) is 0.572. The first-order valence-electron chi connectivity index (χ1n) is 8.63. The van der Waals surface area contributed by atoms with Crippen LogP contribution in [-0.4, -0.2) is 18.2 Å². The molecule has 0 radical (unpaired) electrons. The average Bonchev–Trinajstić information content (AvgIpc) is 2.66. The molecular formula is C23H22O3. The summed E-state index contributed by atoms with van der Waals surface area (Å²) in [5, 5.41) is 9.02. The van der Waals surface area contributed by atoms with Crippen molar-refractivity contribution in [3.05, 3.63) is 77.9 Å². The van der Waals surface area contributed by atoms with Gasteiger partial charge in [0.15, 0.2) is 0 Å². The Morgan fingerprint density at radius 2 is 1.65 bits per heavy atom. The maximum absolute atomic E-state index is 11.0. The summed E-state index contributed by atoms with van der Waals surface area (Å²) in [7, 11) is 1.62. The highest BCUT2D eigenvalue weighted by Gasteiger charge is 2.09. The molecule has 0 aliphatic carbocycles. The molecule has 0 aliphatic heterocycles. The number of ether oxygens (including phenoxy) is 1. The maximum Gasteiger partial charge on any atom is 0.303 e. The van der Waals surface area contributed by atoms with Crippen molar-refractivity contribution in [2.75, 3.05) is 7.11 Å². The normalized spacial score (nSPS) is 10.5. The van der Waals surface area contributed by atoms with Crippen molar-refractivity contribution in [2.24, 2.45) is 0 Å². The van der Waals surface area contributed by atoms with Gasteiger partial charge in [0.2, 0.25) is 0 Å². The van der Waals surface area contributed by atoms with Gasteiger partial charge in [-0.05, 0) is 53.3 Å². The third kappa shape index (κ3) is 4.12. The van der Waals surface area contributed by atoms with Crippen molar-refractivity contribution in [3.63, 3.8) is 0 Å². The zero-order valence-electron chi connectivity index (χ0n) is 15.0. The van der Waals surface area contributed by atoms with Gasteiger partial charge >= 0.3 is 5.97 Å². The number of methoxy groups -OCH3 is 1. The number of carboxylic acid groups (broad SMARTS) is 1. The molecule has 0 saturated carbocycles. The van der Waals surface area contributed by atoms with Crippen LogP contribution in [0.15, 0.2) is 66.7 Å². The number of hydrogen-bond acceptors (Lipinski definition) is 2. The summed E-state index contributed by atoms with van der Waals surface area (Å²) in [6.45, 7) is 2.09. The summed E-state index contributed by atoms with van der Waals surface area (Å²) in [6, 6.07) is 22.6. The molecule has 3 aromatic rings. The Bertz CT molecular complexity index is 911. The lowest BCUT2D eigenvalue weighted by Gasteiger charge is -2.12. The lowest BCUT2D eigenvalue weighted by molar-refractivity contribution is -0.136. The third-order valence-corrected chi connectivity index (χ3v) is 4.47. The number of rotatable bonds is 6. The van der Waals surface area contributed by atoms with Crippen molar-refractivity contribution in [1.29, 1.82) is 0 Å². The van der Waals surface area contributed by atoms with Crippen LogP contribution in [-0.2, 0) is 11.2 Å². The molecule has 0 aliphatic rings. The van der Waals surface area contributed by atoms with Gasteiger partial charge in [-0.25, -0.2) is 0 Å². The van der Waals surface area contributed by atoms with Gasteiger partial charge in [0, 0.05) is 6.42 Å². The second-order valence-corrected chi connectivity index (χ2v) is 6.36. The lowest BCUT2D eigenvalue weighted by atomic mass is 9.94. The van der Waals surface area contributed by atoms with Crippen LogP contribution >= 0.6 is 0 Å². The maximum atomic E-state index is 11.0. The number of carboxylic acids is 1. The zero-order chi connectivity index (χ0) is 18.5. The molecule has 3 heteroatoms. The second kappa shape index (κ2) is 7.87. The van der Waals surface area contributed by atoms with E-state index in [-0.39, 0.29) is 6.42 Å². The van der Waals surface area contributed by atoms with Crippen LogP contribution in [0.5, 0.6) is 5.75 Å². The van der Waals surface area contributed by atoms with Crippen LogP contribution < -0.4 is 4.74 Å². The molecule has 3 nitrogen and oxygen atoms in total. The molecule has 0 saturated heterocycles. The average molecular weight is 346 g/mol. The molecule has 132 valence electrons. The topological polar surface area (TPSA) is 46.5 Å². The van der Waals surface area contributed by atoms with E-state index in [2.05, 4.69) is 55.5 Å². The second-order valence-electron chi connectivity index (χ2n) is 6.36. The van der Waals surface area contributed by atoms with E-state index in [1.807, 2.05) is 18.2 Å². The van der Waals surface area contributed by atoms with Gasteiger partial charge < -0.3 is 9.84 Å². The van der Waals surface area contributed by atoms with E-state index in [4.69, 9.17) is 9.84 Å². The number of aliphatic carboxylic acids is 1. The molecule has 1 N–H and O–H groups in total. The Labute approximate surface area is 153 Å². The van der Waals surface area contributed by atoms with Gasteiger partial charge in [-0.2, -0.15) is 0 Å². The van der Waals surface area contributed by atoms with Crippen molar-refractivity contribution in [3.8, 4) is 28.0 Å². The smallest absolute Gasteiger partial charge is 0.303 e. The molecule has 0 bridgehead atoms. The van der Waals surface area contributed by atoms with E-state index < -0.39 is 5.97 Å². The van der Waals surface area contributed by atoms with Crippen molar-refractivity contribution in [1.82, 2.24) is 0 Å². The summed E-state index contributed by atoms with van der Waals surface area (Å²) >= 11 is 0. The molecule has 3 rings (SSSR count). The molecule has 0 aromatic heterocycles. The summed E-state index contributed by atoms with van der Waals surface area (Å²) in [5.41, 5.74) is 6.69. The predicted molar refractivity (Wildman–Crippen MR) is 105 cm³/mol. The van der Waals surface area contributed by atoms with Crippen LogP contribution in [0, 0.1) is 6.92 Å². The largest absolute Gasteiger partial charge is 0.497 e. The molecule has 0 amide bonds. The fourth-order valence-electron chi connectivity index (χ4n) is 3.09. The molecule has 0 unspecified atom stereocenters. The van der Waals surface area contributed by atoms with E-state index in [9.17, 15) is 4.79 Å². The monoisotopic (exact) mass is 346 g/mol. The van der Waals surface area contributed by atoms with Crippen LogP contribution in [0.1, 0.15) is 17.5 Å². The van der Waals surface area contributed by atoms with Gasteiger partial charge in [-0.3, -0.25) is 4.79 Å². The first-order valence-corrected chi connectivity index (χ1v) is 8.63. The minimum atomic E-state index is -0.798. The Kier molecular flexibility index (Phi) is 5.37. The van der Waals surface area contributed by atoms with Crippen LogP contribution in [0.4, 0.5) is 0 Å². The lowest BCUT2D eigenvalue weighted by Crippen LogP contribution is -1.99. The van der Waals surface area contributed by atoms with Gasteiger partial charge in [-0.1, -0.05) is 60.2 Å². The minimum Gasteiger partial charge on any atom is -0.497 e. The van der Waals surface area contributed by atoms with Gasteiger partial charge in [0.25, 0.3) is 0 Å². The van der Waals surface area contributed by atoms with Crippen molar-refractivity contribution >= 4 is 5.97 Å². The molecule has 26 heavy (non-hydrogen) atoms. The summed E-state index contributed by atoms with van der Waals surface area (Å²) < 4.78 is 5.29. The van der Waals surface area contributed by atoms with Gasteiger partial charge in [0.1, 0.15) is 5.75 Å².